The molecule has 0 saturated heterocycles. The van der Waals surface area contributed by atoms with Crippen LogP contribution in [0, 0.1) is 11.3 Å². The van der Waals surface area contributed by atoms with E-state index >= 15 is 0 Å². The van der Waals surface area contributed by atoms with Gasteiger partial charge in [-0.25, -0.2) is 0 Å². The maximum atomic E-state index is 12.8. The molecular formula is C13H13F3N2O. The number of carbonyl (C=O) groups is 1. The van der Waals surface area contributed by atoms with Crippen molar-refractivity contribution in [1.82, 2.24) is 4.90 Å². The largest absolute Gasteiger partial charge is 0.417 e. The predicted octanol–water partition coefficient (Wildman–Crippen LogP) is 3.08. The van der Waals surface area contributed by atoms with Crippen LogP contribution in [0.2, 0.25) is 0 Å². The number of rotatable bonds is 4. The summed E-state index contributed by atoms with van der Waals surface area (Å²) in [6.45, 7) is 1.81. The third kappa shape index (κ3) is 3.71. The second-order valence-corrected chi connectivity index (χ2v) is 3.93. The monoisotopic (exact) mass is 270 g/mol. The van der Waals surface area contributed by atoms with E-state index in [9.17, 15) is 18.0 Å². The molecule has 1 rings (SSSR count). The van der Waals surface area contributed by atoms with E-state index in [1.165, 1.54) is 12.1 Å². The van der Waals surface area contributed by atoms with Crippen LogP contribution in [0.15, 0.2) is 24.3 Å². The van der Waals surface area contributed by atoms with Crippen molar-refractivity contribution in [2.45, 2.75) is 19.5 Å². The van der Waals surface area contributed by atoms with Gasteiger partial charge in [-0.05, 0) is 18.6 Å². The van der Waals surface area contributed by atoms with Crippen molar-refractivity contribution in [3.63, 3.8) is 0 Å². The highest BCUT2D eigenvalue weighted by molar-refractivity contribution is 5.96. The summed E-state index contributed by atoms with van der Waals surface area (Å²) in [4.78, 5) is 13.2. The van der Waals surface area contributed by atoms with Crippen molar-refractivity contribution in [3.05, 3.63) is 35.4 Å². The highest BCUT2D eigenvalue weighted by Gasteiger charge is 2.35. The van der Waals surface area contributed by atoms with E-state index in [-0.39, 0.29) is 13.1 Å². The van der Waals surface area contributed by atoms with Gasteiger partial charge in [0, 0.05) is 6.54 Å². The van der Waals surface area contributed by atoms with Crippen LogP contribution in [0.4, 0.5) is 13.2 Å². The molecule has 19 heavy (non-hydrogen) atoms. The van der Waals surface area contributed by atoms with Crippen LogP contribution in [0.3, 0.4) is 0 Å². The van der Waals surface area contributed by atoms with E-state index in [0.29, 0.717) is 6.42 Å². The van der Waals surface area contributed by atoms with Gasteiger partial charge in [-0.3, -0.25) is 4.79 Å². The van der Waals surface area contributed by atoms with Crippen LogP contribution < -0.4 is 0 Å². The standard InChI is InChI=1S/C13H13F3N2O/c1-2-8-18(9-7-17)12(19)10-5-3-4-6-11(10)13(14,15)16/h3-6H,2,8-9H2,1H3. The molecular weight excluding hydrogens is 257 g/mol. The van der Waals surface area contributed by atoms with Gasteiger partial charge in [0.05, 0.1) is 17.2 Å². The number of nitriles is 1. The molecule has 1 amide bonds. The number of halogens is 3. The molecule has 1 aromatic carbocycles. The zero-order valence-corrected chi connectivity index (χ0v) is 10.4. The molecule has 3 nitrogen and oxygen atoms in total. The average molecular weight is 270 g/mol. The molecule has 0 aliphatic rings. The quantitative estimate of drug-likeness (QED) is 0.789. The Morgan fingerprint density at radius 3 is 2.53 bits per heavy atom. The van der Waals surface area contributed by atoms with Gasteiger partial charge in [-0.2, -0.15) is 18.4 Å². The molecule has 1 aromatic rings. The molecule has 0 N–H and O–H groups in total. The van der Waals surface area contributed by atoms with Gasteiger partial charge >= 0.3 is 6.18 Å². The summed E-state index contributed by atoms with van der Waals surface area (Å²) in [7, 11) is 0. The lowest BCUT2D eigenvalue weighted by Crippen LogP contribution is -2.33. The number of alkyl halides is 3. The first-order valence-electron chi connectivity index (χ1n) is 5.74. The summed E-state index contributed by atoms with van der Waals surface area (Å²) in [5, 5.41) is 8.62. The number of benzene rings is 1. The van der Waals surface area contributed by atoms with Gasteiger partial charge in [0.15, 0.2) is 0 Å². The lowest BCUT2D eigenvalue weighted by Gasteiger charge is -2.21. The molecule has 6 heteroatoms. The Morgan fingerprint density at radius 1 is 1.37 bits per heavy atom. The summed E-state index contributed by atoms with van der Waals surface area (Å²) >= 11 is 0. The van der Waals surface area contributed by atoms with E-state index < -0.39 is 23.2 Å². The molecule has 0 heterocycles. The molecule has 0 saturated carbocycles. The average Bonchev–Trinajstić information content (AvgIpc) is 2.37. The molecule has 0 radical (unpaired) electrons. The first kappa shape index (κ1) is 15.0. The minimum Gasteiger partial charge on any atom is -0.325 e. The van der Waals surface area contributed by atoms with Gasteiger partial charge in [-0.1, -0.05) is 19.1 Å². The van der Waals surface area contributed by atoms with Crippen LogP contribution >= 0.6 is 0 Å². The van der Waals surface area contributed by atoms with Gasteiger partial charge in [0.2, 0.25) is 0 Å². The molecule has 0 aliphatic heterocycles. The van der Waals surface area contributed by atoms with Gasteiger partial charge in [0.25, 0.3) is 5.91 Å². The first-order valence-corrected chi connectivity index (χ1v) is 5.74. The zero-order valence-electron chi connectivity index (χ0n) is 10.4. The second-order valence-electron chi connectivity index (χ2n) is 3.93. The highest BCUT2D eigenvalue weighted by Crippen LogP contribution is 2.32. The number of carbonyl (C=O) groups excluding carboxylic acids is 1. The Kier molecular flexibility index (Phi) is 4.93. The number of hydrogen-bond acceptors (Lipinski definition) is 2. The maximum Gasteiger partial charge on any atom is 0.417 e. The second kappa shape index (κ2) is 6.23. The normalized spacial score (nSPS) is 10.9. The Morgan fingerprint density at radius 2 is 2.00 bits per heavy atom. The van der Waals surface area contributed by atoms with Crippen molar-refractivity contribution in [2.75, 3.05) is 13.1 Å². The van der Waals surface area contributed by atoms with Crippen LogP contribution in [0.1, 0.15) is 29.3 Å². The topological polar surface area (TPSA) is 44.1 Å². The lowest BCUT2D eigenvalue weighted by atomic mass is 10.1. The summed E-state index contributed by atoms with van der Waals surface area (Å²) in [6.07, 6.45) is -4.02. The van der Waals surface area contributed by atoms with Crippen LogP contribution in [0.25, 0.3) is 0 Å². The van der Waals surface area contributed by atoms with E-state index in [0.717, 1.165) is 17.0 Å². The molecule has 0 spiro atoms. The van der Waals surface area contributed by atoms with E-state index in [2.05, 4.69) is 0 Å². The third-order valence-corrected chi connectivity index (χ3v) is 2.51. The maximum absolute atomic E-state index is 12.8. The van der Waals surface area contributed by atoms with Crippen LogP contribution in [-0.4, -0.2) is 23.9 Å². The van der Waals surface area contributed by atoms with Crippen molar-refractivity contribution in [2.24, 2.45) is 0 Å². The summed E-state index contributed by atoms with van der Waals surface area (Å²) in [5.74, 6) is -0.767. The van der Waals surface area contributed by atoms with Crippen molar-refractivity contribution in [3.8, 4) is 6.07 Å². The molecule has 0 unspecified atom stereocenters. The van der Waals surface area contributed by atoms with Crippen molar-refractivity contribution < 1.29 is 18.0 Å². The Labute approximate surface area is 109 Å². The number of hydrogen-bond donors (Lipinski definition) is 0. The summed E-state index contributed by atoms with van der Waals surface area (Å²) in [6, 6.07) is 6.38. The first-order chi connectivity index (χ1) is 8.91. The SMILES string of the molecule is CCCN(CC#N)C(=O)c1ccccc1C(F)(F)F. The van der Waals surface area contributed by atoms with Crippen LogP contribution in [0.5, 0.6) is 0 Å². The molecule has 0 aromatic heterocycles. The fraction of sp³-hybridized carbons (Fsp3) is 0.385. The molecule has 0 fully saturated rings. The summed E-state index contributed by atoms with van der Waals surface area (Å²) < 4.78 is 38.4. The molecule has 0 atom stereocenters. The minimum atomic E-state index is -4.59. The van der Waals surface area contributed by atoms with Crippen molar-refractivity contribution >= 4 is 5.91 Å². The molecule has 0 aliphatic carbocycles. The third-order valence-electron chi connectivity index (χ3n) is 2.51. The van der Waals surface area contributed by atoms with Crippen molar-refractivity contribution in [1.29, 1.82) is 5.26 Å². The molecule has 102 valence electrons. The number of nitrogens with zero attached hydrogens (tertiary/aromatic N) is 2. The fourth-order valence-electron chi connectivity index (χ4n) is 1.69. The zero-order chi connectivity index (χ0) is 14.5. The lowest BCUT2D eigenvalue weighted by molar-refractivity contribution is -0.138. The summed E-state index contributed by atoms with van der Waals surface area (Å²) in [5.41, 5.74) is -1.39. The van der Waals surface area contributed by atoms with E-state index in [4.69, 9.17) is 5.26 Å². The van der Waals surface area contributed by atoms with E-state index in [1.54, 1.807) is 13.0 Å². The Bertz CT molecular complexity index is 491. The number of amides is 1. The van der Waals surface area contributed by atoms with Gasteiger partial charge in [-0.15, -0.1) is 0 Å². The van der Waals surface area contributed by atoms with Gasteiger partial charge < -0.3 is 4.90 Å². The molecule has 0 bridgehead atoms. The predicted molar refractivity (Wildman–Crippen MR) is 63.3 cm³/mol. The fourth-order valence-corrected chi connectivity index (χ4v) is 1.69. The Balaban J connectivity index is 3.15. The highest BCUT2D eigenvalue weighted by atomic mass is 19.4. The van der Waals surface area contributed by atoms with E-state index in [1.807, 2.05) is 0 Å². The minimum absolute atomic E-state index is 0.223. The smallest absolute Gasteiger partial charge is 0.325 e. The van der Waals surface area contributed by atoms with Gasteiger partial charge in [0.1, 0.15) is 6.54 Å². The Hall–Kier alpha value is -2.03. The van der Waals surface area contributed by atoms with Crippen LogP contribution in [-0.2, 0) is 6.18 Å².